The maximum Gasteiger partial charge on any atom is -0.00266 e. The lowest BCUT2D eigenvalue weighted by molar-refractivity contribution is 1.71. The van der Waals surface area contributed by atoms with Crippen molar-refractivity contribution in [1.82, 2.24) is 0 Å². The first-order valence-corrected chi connectivity index (χ1v) is 5.56. The van der Waals surface area contributed by atoms with E-state index in [9.17, 15) is 0 Å². The minimum absolute atomic E-state index is 1.33. The Balaban J connectivity index is 2.62. The van der Waals surface area contributed by atoms with Crippen molar-refractivity contribution in [2.45, 2.75) is 0 Å². The number of rotatable bonds is 0. The van der Waals surface area contributed by atoms with E-state index in [0.717, 1.165) is 0 Å². The fourth-order valence-corrected chi connectivity index (χ4v) is 2.70. The van der Waals surface area contributed by atoms with Gasteiger partial charge in [0, 0.05) is 0 Å². The van der Waals surface area contributed by atoms with Crippen LogP contribution in [-0.4, -0.2) is 0 Å². The van der Waals surface area contributed by atoms with Crippen LogP contribution < -0.4 is 0 Å². The molecule has 0 spiro atoms. The summed E-state index contributed by atoms with van der Waals surface area (Å²) in [6, 6.07) is 21.8. The highest BCUT2D eigenvalue weighted by molar-refractivity contribution is 5.85. The third-order valence-electron chi connectivity index (χ3n) is 3.37. The van der Waals surface area contributed by atoms with E-state index in [1.165, 1.54) is 32.0 Å². The van der Waals surface area contributed by atoms with Crippen LogP contribution in [0.2, 0.25) is 0 Å². The van der Waals surface area contributed by atoms with Gasteiger partial charge in [0.25, 0.3) is 0 Å². The van der Waals surface area contributed by atoms with Crippen molar-refractivity contribution in [3.63, 3.8) is 0 Å². The summed E-state index contributed by atoms with van der Waals surface area (Å²) in [5.41, 5.74) is 0. The van der Waals surface area contributed by atoms with Crippen LogP contribution in [-0.2, 0) is 0 Å². The van der Waals surface area contributed by atoms with Gasteiger partial charge in [0.1, 0.15) is 0 Å². The molecule has 0 atom stereocenters. The predicted molar refractivity (Wildman–Crippen MR) is 67.9 cm³/mol. The van der Waals surface area contributed by atoms with Gasteiger partial charge in [0.05, 0.1) is 0 Å². The summed E-state index contributed by atoms with van der Waals surface area (Å²) in [6.45, 7) is 0. The highest BCUT2D eigenvalue weighted by atomic mass is 14.1. The van der Waals surface area contributed by atoms with E-state index in [1.54, 1.807) is 0 Å². The first kappa shape index (κ1) is 8.12. The van der Waals surface area contributed by atoms with Crippen LogP contribution in [0.5, 0.6) is 0 Å². The molecular formula is C16H10. The normalized spacial score (nSPS) is 11.8. The highest BCUT2D eigenvalue weighted by Crippen LogP contribution is 2.25. The summed E-state index contributed by atoms with van der Waals surface area (Å²) < 4.78 is 0. The third-order valence-corrected chi connectivity index (χ3v) is 3.37. The highest BCUT2D eigenvalue weighted by Gasteiger charge is 2.03. The quantitative estimate of drug-likeness (QED) is 0.401. The lowest BCUT2D eigenvalue weighted by Gasteiger charge is -1.91. The fraction of sp³-hybridized carbons (Fsp3) is 0. The molecule has 0 aromatic heterocycles. The van der Waals surface area contributed by atoms with Crippen molar-refractivity contribution in [3.8, 4) is 0 Å². The van der Waals surface area contributed by atoms with Gasteiger partial charge in [-0.1, -0.05) is 54.6 Å². The van der Waals surface area contributed by atoms with E-state index < -0.39 is 0 Å². The van der Waals surface area contributed by atoms with E-state index in [1.807, 2.05) is 0 Å². The molecule has 0 saturated carbocycles. The van der Waals surface area contributed by atoms with Crippen molar-refractivity contribution in [2.75, 3.05) is 0 Å². The summed E-state index contributed by atoms with van der Waals surface area (Å²) in [6.07, 6.45) is 0. The number of benzene rings is 2. The zero-order chi connectivity index (χ0) is 10.5. The Morgan fingerprint density at radius 2 is 0.812 bits per heavy atom. The minimum atomic E-state index is 1.33. The Morgan fingerprint density at radius 1 is 0.438 bits per heavy atom. The van der Waals surface area contributed by atoms with E-state index >= 15 is 0 Å². The van der Waals surface area contributed by atoms with Crippen LogP contribution in [0.4, 0.5) is 0 Å². The van der Waals surface area contributed by atoms with E-state index in [4.69, 9.17) is 0 Å². The molecule has 0 fully saturated rings. The standard InChI is InChI=1S/C16H10/c1-4-11-6-2-8-13-10-14-9-3-7-12(5-1)16(14)15(11)13/h1-10H. The zero-order valence-electron chi connectivity index (χ0n) is 8.77. The summed E-state index contributed by atoms with van der Waals surface area (Å²) in [4.78, 5) is 0. The number of hydrogen-bond donors (Lipinski definition) is 0. The minimum Gasteiger partial charge on any atom is -0.0610 e. The molecule has 0 amide bonds. The fourth-order valence-electron chi connectivity index (χ4n) is 2.70. The molecule has 16 heavy (non-hydrogen) atoms. The monoisotopic (exact) mass is 202 g/mol. The molecule has 0 heteroatoms. The smallest absolute Gasteiger partial charge is 0.00266 e. The van der Waals surface area contributed by atoms with Gasteiger partial charge in [-0.15, -0.1) is 0 Å². The van der Waals surface area contributed by atoms with E-state index in [2.05, 4.69) is 60.7 Å². The van der Waals surface area contributed by atoms with Crippen molar-refractivity contribution < 1.29 is 0 Å². The second-order valence-electron chi connectivity index (χ2n) is 4.29. The molecule has 0 unspecified atom stereocenters. The average molecular weight is 202 g/mol. The van der Waals surface area contributed by atoms with Gasteiger partial charge >= 0.3 is 0 Å². The number of hydrogen-bond acceptors (Lipinski definition) is 0. The summed E-state index contributed by atoms with van der Waals surface area (Å²) in [7, 11) is 0. The average Bonchev–Trinajstić information content (AvgIpc) is 2.57. The van der Waals surface area contributed by atoms with Crippen molar-refractivity contribution >= 4 is 21.5 Å². The molecule has 0 nitrogen and oxygen atoms in total. The van der Waals surface area contributed by atoms with Crippen LogP contribution in [0, 0.1) is 10.4 Å². The second kappa shape index (κ2) is 2.73. The molecule has 2 aliphatic rings. The molecule has 0 heterocycles. The SMILES string of the molecule is c1cc2cccc3cc4cccc(c1)c4=c23. The van der Waals surface area contributed by atoms with Gasteiger partial charge in [-0.3, -0.25) is 0 Å². The second-order valence-corrected chi connectivity index (χ2v) is 4.29. The largest absolute Gasteiger partial charge is 0.0610 e. The van der Waals surface area contributed by atoms with Gasteiger partial charge in [0.15, 0.2) is 0 Å². The molecule has 0 N–H and O–H groups in total. The van der Waals surface area contributed by atoms with Gasteiger partial charge in [-0.2, -0.15) is 0 Å². The molecule has 74 valence electrons. The van der Waals surface area contributed by atoms with Gasteiger partial charge in [0.2, 0.25) is 0 Å². The Kier molecular flexibility index (Phi) is 1.39. The summed E-state index contributed by atoms with van der Waals surface area (Å²) >= 11 is 0. The van der Waals surface area contributed by atoms with Crippen LogP contribution in [0.1, 0.15) is 0 Å². The van der Waals surface area contributed by atoms with Crippen molar-refractivity contribution in [2.24, 2.45) is 0 Å². The van der Waals surface area contributed by atoms with Crippen LogP contribution >= 0.6 is 0 Å². The first-order valence-electron chi connectivity index (χ1n) is 5.56. The Bertz CT molecular complexity index is 774. The topological polar surface area (TPSA) is 0 Å². The lowest BCUT2D eigenvalue weighted by Crippen LogP contribution is -1.71. The first-order chi connectivity index (χ1) is 7.93. The Morgan fingerprint density at radius 3 is 1.25 bits per heavy atom. The third kappa shape index (κ3) is 0.892. The molecule has 0 bridgehead atoms. The van der Waals surface area contributed by atoms with Gasteiger partial charge in [-0.05, 0) is 38.0 Å². The van der Waals surface area contributed by atoms with Crippen LogP contribution in [0.3, 0.4) is 0 Å². The molecule has 2 aliphatic carbocycles. The maximum atomic E-state index is 2.28. The molecule has 2 aromatic carbocycles. The van der Waals surface area contributed by atoms with Crippen molar-refractivity contribution in [1.29, 1.82) is 0 Å². The van der Waals surface area contributed by atoms with E-state index in [0.29, 0.717) is 0 Å². The zero-order valence-corrected chi connectivity index (χ0v) is 8.77. The van der Waals surface area contributed by atoms with Crippen molar-refractivity contribution in [3.05, 3.63) is 71.1 Å². The lowest BCUT2D eigenvalue weighted by atomic mass is 10.1. The Hall–Kier alpha value is -2.08. The summed E-state index contributed by atoms with van der Waals surface area (Å²) in [5, 5.41) is 8.15. The molecule has 0 aliphatic heterocycles. The van der Waals surface area contributed by atoms with E-state index in [-0.39, 0.29) is 0 Å². The van der Waals surface area contributed by atoms with Crippen LogP contribution in [0.25, 0.3) is 21.5 Å². The van der Waals surface area contributed by atoms with Crippen LogP contribution in [0.15, 0.2) is 60.7 Å². The van der Waals surface area contributed by atoms with Gasteiger partial charge in [-0.25, -0.2) is 0 Å². The molecule has 4 rings (SSSR count). The Labute approximate surface area is 93.1 Å². The molecular weight excluding hydrogens is 192 g/mol. The maximum absolute atomic E-state index is 2.28. The predicted octanol–water partition coefficient (Wildman–Crippen LogP) is 4.16. The molecule has 0 saturated heterocycles. The van der Waals surface area contributed by atoms with Gasteiger partial charge < -0.3 is 0 Å². The molecule has 2 aromatic rings. The molecule has 0 radical (unpaired) electrons. The summed E-state index contributed by atoms with van der Waals surface area (Å²) in [5.74, 6) is 0.